The Morgan fingerprint density at radius 3 is 3.00 bits per heavy atom. The molecule has 0 bridgehead atoms. The maximum absolute atomic E-state index is 11.8. The zero-order valence-corrected chi connectivity index (χ0v) is 10.8. The second kappa shape index (κ2) is 6.38. The molecule has 1 aromatic heterocycles. The van der Waals surface area contributed by atoms with Gasteiger partial charge < -0.3 is 19.8 Å². The molecular weight excluding hydrogens is 248 g/mol. The van der Waals surface area contributed by atoms with Crippen molar-refractivity contribution in [2.45, 2.75) is 38.5 Å². The highest BCUT2D eigenvalue weighted by molar-refractivity contribution is 5.89. The molecule has 1 saturated heterocycles. The van der Waals surface area contributed by atoms with Crippen LogP contribution in [0.5, 0.6) is 0 Å². The minimum Gasteiger partial charge on any atom is -0.467 e. The number of ether oxygens (including phenoxy) is 1. The van der Waals surface area contributed by atoms with Crippen molar-refractivity contribution in [2.75, 3.05) is 6.61 Å². The Labute approximate surface area is 111 Å². The van der Waals surface area contributed by atoms with Crippen molar-refractivity contribution in [1.82, 2.24) is 10.6 Å². The maximum Gasteiger partial charge on any atom is 0.249 e. The molecular formula is C13H18N2O4. The predicted octanol–water partition coefficient (Wildman–Crippen LogP) is 0.579. The van der Waals surface area contributed by atoms with E-state index in [0.29, 0.717) is 25.3 Å². The van der Waals surface area contributed by atoms with Gasteiger partial charge in [0.05, 0.1) is 12.8 Å². The topological polar surface area (TPSA) is 80.6 Å². The Bertz CT molecular complexity index is 424. The highest BCUT2D eigenvalue weighted by atomic mass is 16.5. The number of nitrogens with one attached hydrogen (secondary N) is 2. The summed E-state index contributed by atoms with van der Waals surface area (Å²) in [6, 6.07) is 2.94. The van der Waals surface area contributed by atoms with Crippen molar-refractivity contribution >= 4 is 11.8 Å². The number of carbonyl (C=O) groups excluding carboxylic acids is 2. The summed E-state index contributed by atoms with van der Waals surface area (Å²) in [6.45, 7) is 2.56. The summed E-state index contributed by atoms with van der Waals surface area (Å²) in [5, 5.41) is 5.34. The van der Waals surface area contributed by atoms with Crippen LogP contribution in [0.25, 0.3) is 0 Å². The zero-order chi connectivity index (χ0) is 13.7. The molecule has 6 nitrogen and oxygen atoms in total. The quantitative estimate of drug-likeness (QED) is 0.817. The lowest BCUT2D eigenvalue weighted by Gasteiger charge is -2.16. The van der Waals surface area contributed by atoms with Gasteiger partial charge in [-0.05, 0) is 31.9 Å². The van der Waals surface area contributed by atoms with Crippen LogP contribution in [0.15, 0.2) is 22.8 Å². The first-order chi connectivity index (χ1) is 9.16. The molecule has 0 radical (unpaired) electrons. The number of hydrogen-bond acceptors (Lipinski definition) is 4. The fourth-order valence-electron chi connectivity index (χ4n) is 1.90. The molecule has 0 saturated carbocycles. The van der Waals surface area contributed by atoms with Gasteiger partial charge in [-0.1, -0.05) is 0 Å². The van der Waals surface area contributed by atoms with E-state index in [2.05, 4.69) is 10.6 Å². The fourth-order valence-corrected chi connectivity index (χ4v) is 1.90. The third kappa shape index (κ3) is 3.82. The lowest BCUT2D eigenvalue weighted by Crippen LogP contribution is -2.47. The Hall–Kier alpha value is -1.82. The van der Waals surface area contributed by atoms with Crippen LogP contribution in [0.1, 0.15) is 25.5 Å². The first-order valence-electron chi connectivity index (χ1n) is 6.39. The second-order valence-electron chi connectivity index (χ2n) is 4.53. The van der Waals surface area contributed by atoms with E-state index in [1.54, 1.807) is 25.3 Å². The maximum atomic E-state index is 11.8. The minimum atomic E-state index is -0.591. The van der Waals surface area contributed by atoms with Gasteiger partial charge in [-0.25, -0.2) is 0 Å². The Kier molecular flexibility index (Phi) is 4.57. The number of rotatable bonds is 5. The van der Waals surface area contributed by atoms with Crippen molar-refractivity contribution in [3.63, 3.8) is 0 Å². The van der Waals surface area contributed by atoms with Gasteiger partial charge in [0.2, 0.25) is 11.8 Å². The van der Waals surface area contributed by atoms with E-state index in [0.717, 1.165) is 6.42 Å². The van der Waals surface area contributed by atoms with Gasteiger partial charge in [0.1, 0.15) is 17.9 Å². The van der Waals surface area contributed by atoms with Gasteiger partial charge in [0.15, 0.2) is 0 Å². The molecule has 0 aromatic carbocycles. The molecule has 1 unspecified atom stereocenters. The van der Waals surface area contributed by atoms with E-state index in [1.807, 2.05) is 0 Å². The normalized spacial score (nSPS) is 19.9. The minimum absolute atomic E-state index is 0.224. The summed E-state index contributed by atoms with van der Waals surface area (Å²) in [4.78, 5) is 23.5. The highest BCUT2D eigenvalue weighted by Gasteiger charge is 2.26. The lowest BCUT2D eigenvalue weighted by atomic mass is 10.2. The molecule has 2 atom stereocenters. The van der Waals surface area contributed by atoms with E-state index < -0.39 is 12.1 Å². The standard InChI is InChI=1S/C13H18N2O4/c1-9(15-13(17)11-5-3-7-19-11)12(16)14-8-10-4-2-6-18-10/h2,4,6,9,11H,3,5,7-8H2,1H3,(H,14,16)(H,15,17)/t9-,11?/m1/s1. The van der Waals surface area contributed by atoms with Gasteiger partial charge in [-0.15, -0.1) is 0 Å². The van der Waals surface area contributed by atoms with Crippen molar-refractivity contribution in [1.29, 1.82) is 0 Å². The molecule has 0 aliphatic carbocycles. The molecule has 2 amide bonds. The van der Waals surface area contributed by atoms with Crippen LogP contribution in [0, 0.1) is 0 Å². The molecule has 0 spiro atoms. The third-order valence-electron chi connectivity index (χ3n) is 2.99. The molecule has 104 valence electrons. The van der Waals surface area contributed by atoms with Crippen molar-refractivity contribution in [3.8, 4) is 0 Å². The monoisotopic (exact) mass is 266 g/mol. The summed E-state index contributed by atoms with van der Waals surface area (Å²) in [5.41, 5.74) is 0. The summed E-state index contributed by atoms with van der Waals surface area (Å²) in [6.07, 6.45) is 2.73. The average Bonchev–Trinajstić information content (AvgIpc) is 3.08. The van der Waals surface area contributed by atoms with E-state index in [-0.39, 0.29) is 11.8 Å². The van der Waals surface area contributed by atoms with Gasteiger partial charge in [-0.3, -0.25) is 9.59 Å². The summed E-state index contributed by atoms with van der Waals surface area (Å²) in [5.74, 6) is 0.201. The van der Waals surface area contributed by atoms with Crippen LogP contribution in [0.3, 0.4) is 0 Å². The van der Waals surface area contributed by atoms with E-state index in [9.17, 15) is 9.59 Å². The second-order valence-corrected chi connectivity index (χ2v) is 4.53. The van der Waals surface area contributed by atoms with Crippen LogP contribution < -0.4 is 10.6 Å². The number of carbonyl (C=O) groups is 2. The number of hydrogen-bond donors (Lipinski definition) is 2. The van der Waals surface area contributed by atoms with Crippen LogP contribution in [-0.4, -0.2) is 30.6 Å². The highest BCUT2D eigenvalue weighted by Crippen LogP contribution is 2.11. The average molecular weight is 266 g/mol. The molecule has 2 rings (SSSR count). The van der Waals surface area contributed by atoms with Crippen LogP contribution in [0.4, 0.5) is 0 Å². The fraction of sp³-hybridized carbons (Fsp3) is 0.538. The first-order valence-corrected chi connectivity index (χ1v) is 6.39. The van der Waals surface area contributed by atoms with E-state index >= 15 is 0 Å². The molecule has 1 aliphatic heterocycles. The molecule has 1 aliphatic rings. The molecule has 2 N–H and O–H groups in total. The summed E-state index contributed by atoms with van der Waals surface area (Å²) < 4.78 is 10.4. The Morgan fingerprint density at radius 1 is 1.53 bits per heavy atom. The largest absolute Gasteiger partial charge is 0.467 e. The lowest BCUT2D eigenvalue weighted by molar-refractivity contribution is -0.134. The van der Waals surface area contributed by atoms with Gasteiger partial charge in [0, 0.05) is 6.61 Å². The predicted molar refractivity (Wildman–Crippen MR) is 67.1 cm³/mol. The van der Waals surface area contributed by atoms with Crippen LogP contribution in [-0.2, 0) is 20.9 Å². The van der Waals surface area contributed by atoms with Crippen molar-refractivity contribution in [3.05, 3.63) is 24.2 Å². The summed E-state index contributed by atoms with van der Waals surface area (Å²) >= 11 is 0. The smallest absolute Gasteiger partial charge is 0.249 e. The molecule has 2 heterocycles. The Morgan fingerprint density at radius 2 is 2.37 bits per heavy atom. The SMILES string of the molecule is C[C@@H](NC(=O)C1CCCO1)C(=O)NCc1ccco1. The summed E-state index contributed by atoms with van der Waals surface area (Å²) in [7, 11) is 0. The van der Waals surface area contributed by atoms with Crippen molar-refractivity contribution < 1.29 is 18.7 Å². The van der Waals surface area contributed by atoms with E-state index in [4.69, 9.17) is 9.15 Å². The third-order valence-corrected chi connectivity index (χ3v) is 2.99. The first kappa shape index (κ1) is 13.6. The molecule has 1 fully saturated rings. The van der Waals surface area contributed by atoms with Gasteiger partial charge >= 0.3 is 0 Å². The molecule has 6 heteroatoms. The Balaban J connectivity index is 1.73. The van der Waals surface area contributed by atoms with Crippen molar-refractivity contribution in [2.24, 2.45) is 0 Å². The number of amides is 2. The molecule has 19 heavy (non-hydrogen) atoms. The number of furan rings is 1. The van der Waals surface area contributed by atoms with Crippen LogP contribution >= 0.6 is 0 Å². The van der Waals surface area contributed by atoms with Crippen LogP contribution in [0.2, 0.25) is 0 Å². The van der Waals surface area contributed by atoms with Gasteiger partial charge in [0.25, 0.3) is 0 Å². The zero-order valence-electron chi connectivity index (χ0n) is 10.8. The molecule has 1 aromatic rings. The van der Waals surface area contributed by atoms with Gasteiger partial charge in [-0.2, -0.15) is 0 Å². The van der Waals surface area contributed by atoms with E-state index in [1.165, 1.54) is 0 Å².